The molecule has 0 saturated heterocycles. The van der Waals surface area contributed by atoms with Gasteiger partial charge in [-0.25, -0.2) is 0 Å². The van der Waals surface area contributed by atoms with Gasteiger partial charge >= 0.3 is 0 Å². The molecular formula is C16H27NO. The molecule has 102 valence electrons. The number of hydrogen-bond donors (Lipinski definition) is 0. The van der Waals surface area contributed by atoms with Crippen molar-refractivity contribution in [3.05, 3.63) is 35.9 Å². The summed E-state index contributed by atoms with van der Waals surface area (Å²) in [5.41, 5.74) is 1.30. The molecule has 1 aromatic rings. The summed E-state index contributed by atoms with van der Waals surface area (Å²) in [5, 5.41) is 2.15. The minimum atomic E-state index is -0.0131. The Morgan fingerprint density at radius 2 is 1.67 bits per heavy atom. The highest BCUT2D eigenvalue weighted by Crippen LogP contribution is 2.34. The van der Waals surface area contributed by atoms with Crippen LogP contribution in [0.5, 0.6) is 0 Å². The van der Waals surface area contributed by atoms with Crippen LogP contribution >= 0.6 is 0 Å². The largest absolute Gasteiger partial charge is 0.298 e. The van der Waals surface area contributed by atoms with Gasteiger partial charge in [0, 0.05) is 5.54 Å². The van der Waals surface area contributed by atoms with E-state index in [0.29, 0.717) is 12.5 Å². The summed E-state index contributed by atoms with van der Waals surface area (Å²) in [4.78, 5) is 5.92. The highest BCUT2D eigenvalue weighted by Gasteiger charge is 2.32. The third-order valence-corrected chi connectivity index (χ3v) is 2.95. The van der Waals surface area contributed by atoms with Crippen LogP contribution in [-0.2, 0) is 4.84 Å². The first-order valence-electron chi connectivity index (χ1n) is 6.85. The van der Waals surface area contributed by atoms with Crippen molar-refractivity contribution in [1.82, 2.24) is 5.06 Å². The van der Waals surface area contributed by atoms with Gasteiger partial charge in [0.25, 0.3) is 0 Å². The number of hydroxylamine groups is 2. The normalized spacial score (nSPS) is 14.2. The minimum Gasteiger partial charge on any atom is -0.298 e. The summed E-state index contributed by atoms with van der Waals surface area (Å²) in [6.45, 7) is 13.8. The summed E-state index contributed by atoms with van der Waals surface area (Å²) in [6.07, 6.45) is 0. The quantitative estimate of drug-likeness (QED) is 0.715. The molecule has 0 aromatic heterocycles. The third-order valence-electron chi connectivity index (χ3n) is 2.95. The Bertz CT molecular complexity index is 340. The Balaban J connectivity index is 3.10. The van der Waals surface area contributed by atoms with Crippen molar-refractivity contribution in [2.24, 2.45) is 5.92 Å². The summed E-state index contributed by atoms with van der Waals surface area (Å²) in [6, 6.07) is 10.9. The lowest BCUT2D eigenvalue weighted by Gasteiger charge is -2.42. The first-order valence-corrected chi connectivity index (χ1v) is 6.85. The minimum absolute atomic E-state index is 0.0131. The zero-order valence-corrected chi connectivity index (χ0v) is 12.6. The van der Waals surface area contributed by atoms with Gasteiger partial charge < -0.3 is 0 Å². The molecule has 1 aromatic carbocycles. The van der Waals surface area contributed by atoms with E-state index in [-0.39, 0.29) is 11.6 Å². The van der Waals surface area contributed by atoms with Crippen molar-refractivity contribution >= 4 is 0 Å². The van der Waals surface area contributed by atoms with Crippen LogP contribution in [-0.4, -0.2) is 17.2 Å². The molecule has 18 heavy (non-hydrogen) atoms. The van der Waals surface area contributed by atoms with E-state index in [2.05, 4.69) is 70.0 Å². The van der Waals surface area contributed by atoms with E-state index in [4.69, 9.17) is 4.84 Å². The van der Waals surface area contributed by atoms with Crippen molar-refractivity contribution in [3.8, 4) is 0 Å². The Kier molecular flexibility index (Phi) is 5.36. The lowest BCUT2D eigenvalue weighted by Crippen LogP contribution is -2.45. The van der Waals surface area contributed by atoms with E-state index in [9.17, 15) is 0 Å². The SMILES string of the molecule is CCON(C(c1ccccc1)C(C)C)C(C)(C)C. The van der Waals surface area contributed by atoms with Crippen molar-refractivity contribution in [1.29, 1.82) is 0 Å². The summed E-state index contributed by atoms with van der Waals surface area (Å²) in [5.74, 6) is 0.498. The highest BCUT2D eigenvalue weighted by molar-refractivity contribution is 5.19. The monoisotopic (exact) mass is 249 g/mol. The first kappa shape index (κ1) is 15.2. The van der Waals surface area contributed by atoms with E-state index in [1.165, 1.54) is 5.56 Å². The van der Waals surface area contributed by atoms with Crippen molar-refractivity contribution in [3.63, 3.8) is 0 Å². The van der Waals surface area contributed by atoms with Crippen LogP contribution in [0.3, 0.4) is 0 Å². The van der Waals surface area contributed by atoms with Crippen LogP contribution in [0.4, 0.5) is 0 Å². The van der Waals surface area contributed by atoms with E-state index in [0.717, 1.165) is 0 Å². The number of rotatable bonds is 5. The van der Waals surface area contributed by atoms with Gasteiger partial charge in [-0.15, -0.1) is 0 Å². The maximum absolute atomic E-state index is 5.92. The van der Waals surface area contributed by atoms with Gasteiger partial charge in [0.15, 0.2) is 0 Å². The Hall–Kier alpha value is -0.860. The molecule has 0 radical (unpaired) electrons. The van der Waals surface area contributed by atoms with Crippen LogP contribution in [0.15, 0.2) is 30.3 Å². The molecular weight excluding hydrogens is 222 g/mol. The van der Waals surface area contributed by atoms with Crippen LogP contribution in [0.25, 0.3) is 0 Å². The fraction of sp³-hybridized carbons (Fsp3) is 0.625. The third kappa shape index (κ3) is 3.82. The van der Waals surface area contributed by atoms with Gasteiger partial charge in [-0.2, -0.15) is 5.06 Å². The number of hydrogen-bond acceptors (Lipinski definition) is 2. The molecule has 0 aliphatic rings. The summed E-state index contributed by atoms with van der Waals surface area (Å²) in [7, 11) is 0. The maximum Gasteiger partial charge on any atom is 0.0657 e. The molecule has 1 atom stereocenters. The average Bonchev–Trinajstić information content (AvgIpc) is 2.28. The van der Waals surface area contributed by atoms with Crippen LogP contribution in [0.1, 0.15) is 53.1 Å². The van der Waals surface area contributed by atoms with Gasteiger partial charge in [0.1, 0.15) is 0 Å². The molecule has 2 heteroatoms. The predicted octanol–water partition coefficient (Wildman–Crippen LogP) is 4.44. The van der Waals surface area contributed by atoms with Gasteiger partial charge in [-0.3, -0.25) is 4.84 Å². The number of nitrogens with zero attached hydrogens (tertiary/aromatic N) is 1. The molecule has 0 spiro atoms. The van der Waals surface area contributed by atoms with Gasteiger partial charge in [0.2, 0.25) is 0 Å². The Morgan fingerprint density at radius 1 is 1.11 bits per heavy atom. The Morgan fingerprint density at radius 3 is 2.06 bits per heavy atom. The topological polar surface area (TPSA) is 12.5 Å². The number of benzene rings is 1. The molecule has 0 saturated carbocycles. The fourth-order valence-corrected chi connectivity index (χ4v) is 2.27. The van der Waals surface area contributed by atoms with Gasteiger partial charge in [-0.1, -0.05) is 44.2 Å². The fourth-order valence-electron chi connectivity index (χ4n) is 2.27. The predicted molar refractivity (Wildman–Crippen MR) is 77.2 cm³/mol. The lowest BCUT2D eigenvalue weighted by atomic mass is 9.92. The molecule has 0 amide bonds. The molecule has 0 fully saturated rings. The second kappa shape index (κ2) is 6.35. The zero-order valence-electron chi connectivity index (χ0n) is 12.6. The second-order valence-electron chi connectivity index (χ2n) is 6.01. The molecule has 1 unspecified atom stereocenters. The molecule has 0 N–H and O–H groups in total. The maximum atomic E-state index is 5.92. The van der Waals surface area contributed by atoms with Crippen molar-refractivity contribution in [2.45, 2.75) is 53.1 Å². The molecule has 1 rings (SSSR count). The zero-order chi connectivity index (χ0) is 13.8. The van der Waals surface area contributed by atoms with Crippen LogP contribution in [0, 0.1) is 5.92 Å². The molecule has 0 aliphatic carbocycles. The van der Waals surface area contributed by atoms with Gasteiger partial charge in [-0.05, 0) is 39.2 Å². The van der Waals surface area contributed by atoms with E-state index in [1.54, 1.807) is 0 Å². The molecule has 0 heterocycles. The standard InChI is InChI=1S/C16H27NO/c1-7-18-17(16(4,5)6)15(13(2)3)14-11-9-8-10-12-14/h8-13,15H,7H2,1-6H3. The van der Waals surface area contributed by atoms with E-state index >= 15 is 0 Å². The average molecular weight is 249 g/mol. The van der Waals surface area contributed by atoms with E-state index < -0.39 is 0 Å². The van der Waals surface area contributed by atoms with Crippen molar-refractivity contribution < 1.29 is 4.84 Å². The Labute approximate surface area is 112 Å². The van der Waals surface area contributed by atoms with Gasteiger partial charge in [0.05, 0.1) is 12.6 Å². The van der Waals surface area contributed by atoms with Crippen molar-refractivity contribution in [2.75, 3.05) is 6.61 Å². The lowest BCUT2D eigenvalue weighted by molar-refractivity contribution is -0.242. The van der Waals surface area contributed by atoms with E-state index in [1.807, 2.05) is 6.92 Å². The second-order valence-corrected chi connectivity index (χ2v) is 6.01. The summed E-state index contributed by atoms with van der Waals surface area (Å²) < 4.78 is 0. The molecule has 2 nitrogen and oxygen atoms in total. The summed E-state index contributed by atoms with van der Waals surface area (Å²) >= 11 is 0. The smallest absolute Gasteiger partial charge is 0.0657 e. The van der Waals surface area contributed by atoms with Crippen LogP contribution in [0.2, 0.25) is 0 Å². The molecule has 0 bridgehead atoms. The first-order chi connectivity index (χ1) is 8.38. The highest BCUT2D eigenvalue weighted by atomic mass is 16.7. The molecule has 0 aliphatic heterocycles. The van der Waals surface area contributed by atoms with Crippen LogP contribution < -0.4 is 0 Å².